The van der Waals surface area contributed by atoms with Crippen molar-refractivity contribution in [2.75, 3.05) is 20.1 Å². The first-order chi connectivity index (χ1) is 5.22. The number of hydrogen-bond donors (Lipinski definition) is 0. The fourth-order valence-corrected chi connectivity index (χ4v) is 1.55. The van der Waals surface area contributed by atoms with Crippen molar-refractivity contribution >= 4 is 0 Å². The van der Waals surface area contributed by atoms with E-state index in [1.54, 1.807) is 0 Å². The third-order valence-corrected chi connectivity index (χ3v) is 2.20. The standard InChI is InChI=1S/C9H18N2/c1-9(2)11-8-6-4-5-7-10(11)3/h1,4-8H2,2-3H3. The van der Waals surface area contributed by atoms with Gasteiger partial charge in [0.05, 0.1) is 0 Å². The van der Waals surface area contributed by atoms with Crippen molar-refractivity contribution < 1.29 is 0 Å². The molecule has 0 saturated carbocycles. The van der Waals surface area contributed by atoms with Crippen molar-refractivity contribution in [3.63, 3.8) is 0 Å². The number of allylic oxidation sites excluding steroid dienone is 1. The van der Waals surface area contributed by atoms with E-state index in [9.17, 15) is 0 Å². The molecule has 0 radical (unpaired) electrons. The number of hydrazine groups is 1. The van der Waals surface area contributed by atoms with E-state index < -0.39 is 0 Å². The molecule has 0 spiro atoms. The second kappa shape index (κ2) is 3.77. The molecule has 0 bridgehead atoms. The third-order valence-electron chi connectivity index (χ3n) is 2.20. The first-order valence-corrected chi connectivity index (χ1v) is 4.36. The van der Waals surface area contributed by atoms with Gasteiger partial charge in [-0.1, -0.05) is 13.0 Å². The lowest BCUT2D eigenvalue weighted by molar-refractivity contribution is 0.0485. The number of hydrogen-bond acceptors (Lipinski definition) is 2. The first-order valence-electron chi connectivity index (χ1n) is 4.36. The van der Waals surface area contributed by atoms with Crippen LogP contribution in [0, 0.1) is 0 Å². The predicted octanol–water partition coefficient (Wildman–Crippen LogP) is 1.85. The van der Waals surface area contributed by atoms with E-state index in [1.807, 2.05) is 0 Å². The Hall–Kier alpha value is -0.500. The molecule has 1 rings (SSSR count). The molecule has 0 amide bonds. The molecule has 0 aromatic carbocycles. The molecular weight excluding hydrogens is 136 g/mol. The van der Waals surface area contributed by atoms with E-state index in [0.29, 0.717) is 0 Å². The summed E-state index contributed by atoms with van der Waals surface area (Å²) < 4.78 is 0. The molecule has 1 aliphatic heterocycles. The lowest BCUT2D eigenvalue weighted by Gasteiger charge is -2.31. The fourth-order valence-electron chi connectivity index (χ4n) is 1.55. The average Bonchev–Trinajstić information content (AvgIpc) is 2.13. The summed E-state index contributed by atoms with van der Waals surface area (Å²) in [7, 11) is 2.14. The van der Waals surface area contributed by atoms with Gasteiger partial charge in [0.25, 0.3) is 0 Å². The van der Waals surface area contributed by atoms with E-state index in [4.69, 9.17) is 0 Å². The Bertz CT molecular complexity index is 142. The van der Waals surface area contributed by atoms with Crippen LogP contribution in [0.4, 0.5) is 0 Å². The second-order valence-corrected chi connectivity index (χ2v) is 3.30. The van der Waals surface area contributed by atoms with Crippen LogP contribution >= 0.6 is 0 Å². The summed E-state index contributed by atoms with van der Waals surface area (Å²) in [6.07, 6.45) is 3.98. The molecule has 0 atom stereocenters. The van der Waals surface area contributed by atoms with Gasteiger partial charge in [-0.05, 0) is 19.8 Å². The highest BCUT2D eigenvalue weighted by atomic mass is 15.6. The molecule has 1 aliphatic rings. The maximum atomic E-state index is 3.96. The summed E-state index contributed by atoms with van der Waals surface area (Å²) in [5.41, 5.74) is 1.16. The van der Waals surface area contributed by atoms with E-state index in [1.165, 1.54) is 25.8 Å². The summed E-state index contributed by atoms with van der Waals surface area (Å²) in [6, 6.07) is 0. The van der Waals surface area contributed by atoms with Gasteiger partial charge in [0.15, 0.2) is 0 Å². The Morgan fingerprint density at radius 1 is 1.18 bits per heavy atom. The van der Waals surface area contributed by atoms with Gasteiger partial charge in [-0.25, -0.2) is 5.01 Å². The molecule has 0 aliphatic carbocycles. The summed E-state index contributed by atoms with van der Waals surface area (Å²) in [4.78, 5) is 0. The molecule has 1 fully saturated rings. The molecule has 0 N–H and O–H groups in total. The molecule has 1 saturated heterocycles. The zero-order valence-electron chi connectivity index (χ0n) is 7.64. The van der Waals surface area contributed by atoms with Gasteiger partial charge in [0.2, 0.25) is 0 Å². The zero-order valence-corrected chi connectivity index (χ0v) is 7.64. The Labute approximate surface area is 69.5 Å². The van der Waals surface area contributed by atoms with Crippen LogP contribution in [0.3, 0.4) is 0 Å². The molecule has 64 valence electrons. The monoisotopic (exact) mass is 154 g/mol. The van der Waals surface area contributed by atoms with E-state index >= 15 is 0 Å². The van der Waals surface area contributed by atoms with Crippen molar-refractivity contribution in [2.45, 2.75) is 26.2 Å². The second-order valence-electron chi connectivity index (χ2n) is 3.30. The highest BCUT2D eigenvalue weighted by molar-refractivity contribution is 4.87. The van der Waals surface area contributed by atoms with Gasteiger partial charge < -0.3 is 5.01 Å². The Balaban J connectivity index is 2.52. The summed E-state index contributed by atoms with van der Waals surface area (Å²) in [6.45, 7) is 8.34. The molecule has 11 heavy (non-hydrogen) atoms. The molecule has 2 heteroatoms. The minimum atomic E-state index is 1.14. The molecule has 1 heterocycles. The molecule has 0 unspecified atom stereocenters. The van der Waals surface area contributed by atoms with Crippen molar-refractivity contribution in [1.82, 2.24) is 10.0 Å². The Morgan fingerprint density at radius 3 is 2.45 bits per heavy atom. The quantitative estimate of drug-likeness (QED) is 0.568. The van der Waals surface area contributed by atoms with Crippen LogP contribution in [0.5, 0.6) is 0 Å². The van der Waals surface area contributed by atoms with Crippen LogP contribution in [-0.4, -0.2) is 30.2 Å². The van der Waals surface area contributed by atoms with Gasteiger partial charge in [0, 0.05) is 25.8 Å². The average molecular weight is 154 g/mol. The number of nitrogens with zero attached hydrogens (tertiary/aromatic N) is 2. The maximum absolute atomic E-state index is 3.96. The van der Waals surface area contributed by atoms with Crippen LogP contribution < -0.4 is 0 Å². The lowest BCUT2D eigenvalue weighted by atomic mass is 10.2. The molecular formula is C9H18N2. The Morgan fingerprint density at radius 2 is 1.82 bits per heavy atom. The molecule has 0 aromatic heterocycles. The minimum Gasteiger partial charge on any atom is -0.311 e. The third kappa shape index (κ3) is 2.22. The summed E-state index contributed by atoms with van der Waals surface area (Å²) in [5, 5.41) is 4.54. The van der Waals surface area contributed by atoms with Gasteiger partial charge in [-0.3, -0.25) is 0 Å². The van der Waals surface area contributed by atoms with E-state index in [0.717, 1.165) is 12.2 Å². The number of rotatable bonds is 1. The van der Waals surface area contributed by atoms with Gasteiger partial charge >= 0.3 is 0 Å². The topological polar surface area (TPSA) is 6.48 Å². The highest BCUT2D eigenvalue weighted by Gasteiger charge is 2.12. The van der Waals surface area contributed by atoms with Crippen molar-refractivity contribution in [2.24, 2.45) is 0 Å². The normalized spacial score (nSPS) is 21.5. The maximum Gasteiger partial charge on any atom is 0.0342 e. The van der Waals surface area contributed by atoms with E-state index in [2.05, 4.69) is 30.6 Å². The van der Waals surface area contributed by atoms with Crippen molar-refractivity contribution in [1.29, 1.82) is 0 Å². The smallest absolute Gasteiger partial charge is 0.0342 e. The lowest BCUT2D eigenvalue weighted by Crippen LogP contribution is -2.37. The van der Waals surface area contributed by atoms with Crippen LogP contribution in [0.25, 0.3) is 0 Å². The molecule has 2 nitrogen and oxygen atoms in total. The van der Waals surface area contributed by atoms with Crippen LogP contribution in [0.15, 0.2) is 12.3 Å². The van der Waals surface area contributed by atoms with Gasteiger partial charge in [-0.2, -0.15) is 0 Å². The summed E-state index contributed by atoms with van der Waals surface area (Å²) >= 11 is 0. The van der Waals surface area contributed by atoms with Gasteiger partial charge in [0.1, 0.15) is 0 Å². The predicted molar refractivity (Wildman–Crippen MR) is 48.0 cm³/mol. The SMILES string of the molecule is C=C(C)N1CCCCCN1C. The molecule has 0 aromatic rings. The summed E-state index contributed by atoms with van der Waals surface area (Å²) in [5.74, 6) is 0. The van der Waals surface area contributed by atoms with Crippen molar-refractivity contribution in [3.8, 4) is 0 Å². The van der Waals surface area contributed by atoms with Crippen molar-refractivity contribution in [3.05, 3.63) is 12.3 Å². The van der Waals surface area contributed by atoms with Gasteiger partial charge in [-0.15, -0.1) is 0 Å². The minimum absolute atomic E-state index is 1.14. The van der Waals surface area contributed by atoms with Crippen LogP contribution in [0.2, 0.25) is 0 Å². The van der Waals surface area contributed by atoms with E-state index in [-0.39, 0.29) is 0 Å². The Kier molecular flexibility index (Phi) is 2.94. The van der Waals surface area contributed by atoms with Crippen LogP contribution in [0.1, 0.15) is 26.2 Å². The zero-order chi connectivity index (χ0) is 8.27. The largest absolute Gasteiger partial charge is 0.311 e. The fraction of sp³-hybridized carbons (Fsp3) is 0.778. The van der Waals surface area contributed by atoms with Crippen LogP contribution in [-0.2, 0) is 0 Å². The highest BCUT2D eigenvalue weighted by Crippen LogP contribution is 2.12. The first kappa shape index (κ1) is 8.60.